The largest absolute Gasteiger partial charge is 1.00 e. The average Bonchev–Trinajstić information content (AvgIpc) is 2.44. The van der Waals surface area contributed by atoms with Gasteiger partial charge in [-0.2, -0.15) is 0 Å². The van der Waals surface area contributed by atoms with Crippen LogP contribution in [0.1, 0.15) is 31.8 Å². The van der Waals surface area contributed by atoms with Crippen molar-refractivity contribution in [2.24, 2.45) is 0 Å². The molecule has 0 N–H and O–H groups in total. The Morgan fingerprint density at radius 1 is 0.800 bits per heavy atom. The van der Waals surface area contributed by atoms with Crippen molar-refractivity contribution in [3.63, 3.8) is 0 Å². The van der Waals surface area contributed by atoms with Crippen LogP contribution in [0.5, 0.6) is 0 Å². The third kappa shape index (κ3) is 2.32. The predicted molar refractivity (Wildman–Crippen MR) is 66.9 cm³/mol. The first-order valence-electron chi connectivity index (χ1n) is 5.51. The minimum atomic E-state index is -2.42. The summed E-state index contributed by atoms with van der Waals surface area (Å²) in [6.07, 6.45) is 0. The Balaban J connectivity index is 0.00000147. The van der Waals surface area contributed by atoms with Crippen molar-refractivity contribution in [2.45, 2.75) is 4.90 Å². The molecule has 3 rings (SSSR count). The molecule has 2 aromatic rings. The molecule has 0 aliphatic heterocycles. The molecule has 1 atom stereocenters. The molecule has 1 aliphatic rings. The Bertz CT molecular complexity index is 755. The molecule has 0 saturated carbocycles. The predicted octanol–water partition coefficient (Wildman–Crippen LogP) is -1.30. The van der Waals surface area contributed by atoms with Crippen LogP contribution < -0.4 is 29.6 Å². The molecule has 20 heavy (non-hydrogen) atoms. The fourth-order valence-corrected chi connectivity index (χ4v) is 2.58. The Labute approximate surface area is 139 Å². The van der Waals surface area contributed by atoms with Crippen LogP contribution in [0.2, 0.25) is 0 Å². The number of ketones is 2. The molecular formula is C14H7NaO4S. The Hall–Kier alpha value is -1.11. The Kier molecular flexibility index (Phi) is 4.36. The summed E-state index contributed by atoms with van der Waals surface area (Å²) in [5, 5.41) is 0. The van der Waals surface area contributed by atoms with Crippen LogP contribution in [0.15, 0.2) is 47.4 Å². The molecule has 94 valence electrons. The van der Waals surface area contributed by atoms with Crippen LogP contribution >= 0.6 is 0 Å². The molecule has 0 heterocycles. The second kappa shape index (κ2) is 5.71. The maximum absolute atomic E-state index is 12.3. The van der Waals surface area contributed by atoms with E-state index in [1.165, 1.54) is 18.2 Å². The second-order valence-electron chi connectivity index (χ2n) is 4.15. The minimum absolute atomic E-state index is 0. The van der Waals surface area contributed by atoms with Gasteiger partial charge in [-0.3, -0.25) is 13.8 Å². The summed E-state index contributed by atoms with van der Waals surface area (Å²) in [7, 11) is 0. The zero-order valence-corrected chi connectivity index (χ0v) is 13.4. The summed E-state index contributed by atoms with van der Waals surface area (Å²) in [5.74, 6) is -0.578. The van der Waals surface area contributed by atoms with E-state index in [9.17, 15) is 18.4 Å². The minimum Gasteiger partial charge on any atom is -0.768 e. The van der Waals surface area contributed by atoms with E-state index in [1.807, 2.05) is 0 Å². The maximum atomic E-state index is 12.3. The monoisotopic (exact) mass is 294 g/mol. The van der Waals surface area contributed by atoms with E-state index in [4.69, 9.17) is 0 Å². The Morgan fingerprint density at radius 2 is 1.30 bits per heavy atom. The SMILES string of the molecule is O=C1c2ccccc2C(=O)c2cc(S(=O)[O-])ccc21.[Na+]. The molecule has 0 radical (unpaired) electrons. The number of carbonyl (C=O) groups excluding carboxylic acids is 2. The van der Waals surface area contributed by atoms with Crippen molar-refractivity contribution in [1.82, 2.24) is 0 Å². The van der Waals surface area contributed by atoms with Crippen LogP contribution in [-0.2, 0) is 11.1 Å². The van der Waals surface area contributed by atoms with Crippen LogP contribution in [0.25, 0.3) is 0 Å². The van der Waals surface area contributed by atoms with Gasteiger partial charge in [-0.1, -0.05) is 24.3 Å². The van der Waals surface area contributed by atoms with Gasteiger partial charge in [-0.25, -0.2) is 0 Å². The van der Waals surface area contributed by atoms with E-state index in [0.29, 0.717) is 11.1 Å². The van der Waals surface area contributed by atoms with Gasteiger partial charge in [0, 0.05) is 27.1 Å². The molecule has 1 unspecified atom stereocenters. The van der Waals surface area contributed by atoms with Crippen molar-refractivity contribution in [3.05, 3.63) is 64.7 Å². The first-order valence-corrected chi connectivity index (χ1v) is 6.59. The van der Waals surface area contributed by atoms with E-state index in [2.05, 4.69) is 0 Å². The van der Waals surface area contributed by atoms with Crippen molar-refractivity contribution in [1.29, 1.82) is 0 Å². The number of hydrogen-bond acceptors (Lipinski definition) is 4. The van der Waals surface area contributed by atoms with Gasteiger partial charge in [0.05, 0.1) is 0 Å². The Morgan fingerprint density at radius 3 is 1.85 bits per heavy atom. The van der Waals surface area contributed by atoms with Crippen LogP contribution in [0.3, 0.4) is 0 Å². The molecule has 0 fully saturated rings. The van der Waals surface area contributed by atoms with Gasteiger partial charge in [-0.05, 0) is 29.3 Å². The van der Waals surface area contributed by atoms with Gasteiger partial charge in [0.2, 0.25) is 0 Å². The quantitative estimate of drug-likeness (QED) is 0.413. The van der Waals surface area contributed by atoms with Gasteiger partial charge >= 0.3 is 29.6 Å². The molecule has 0 aromatic heterocycles. The average molecular weight is 294 g/mol. The summed E-state index contributed by atoms with van der Waals surface area (Å²) in [4.78, 5) is 24.5. The van der Waals surface area contributed by atoms with Crippen LogP contribution in [-0.4, -0.2) is 20.3 Å². The van der Waals surface area contributed by atoms with Crippen molar-refractivity contribution < 1.29 is 47.9 Å². The fraction of sp³-hybridized carbons (Fsp3) is 0. The van der Waals surface area contributed by atoms with Gasteiger partial charge in [0.15, 0.2) is 11.6 Å². The first kappa shape index (κ1) is 15.3. The van der Waals surface area contributed by atoms with E-state index in [-0.39, 0.29) is 57.1 Å². The topological polar surface area (TPSA) is 74.3 Å². The normalized spacial score (nSPS) is 14.1. The number of hydrogen-bond donors (Lipinski definition) is 0. The van der Waals surface area contributed by atoms with Crippen molar-refractivity contribution >= 4 is 22.6 Å². The molecule has 2 aromatic carbocycles. The summed E-state index contributed by atoms with van der Waals surface area (Å²) in [5.41, 5.74) is 1.06. The number of fused-ring (bicyclic) bond motifs is 2. The van der Waals surface area contributed by atoms with Gasteiger partial charge in [0.25, 0.3) is 0 Å². The smallest absolute Gasteiger partial charge is 0.768 e. The first-order chi connectivity index (χ1) is 9.09. The van der Waals surface area contributed by atoms with Crippen molar-refractivity contribution in [3.8, 4) is 0 Å². The summed E-state index contributed by atoms with van der Waals surface area (Å²) < 4.78 is 21.8. The maximum Gasteiger partial charge on any atom is 1.00 e. The number of carbonyl (C=O) groups is 2. The zero-order chi connectivity index (χ0) is 13.6. The third-order valence-corrected chi connectivity index (χ3v) is 3.73. The summed E-state index contributed by atoms with van der Waals surface area (Å²) in [6.45, 7) is 0. The number of rotatable bonds is 1. The van der Waals surface area contributed by atoms with E-state index in [1.54, 1.807) is 24.3 Å². The van der Waals surface area contributed by atoms with Crippen LogP contribution in [0.4, 0.5) is 0 Å². The van der Waals surface area contributed by atoms with E-state index >= 15 is 0 Å². The van der Waals surface area contributed by atoms with Gasteiger partial charge in [0.1, 0.15) is 0 Å². The molecule has 0 amide bonds. The molecule has 4 nitrogen and oxygen atoms in total. The third-order valence-electron chi connectivity index (χ3n) is 3.09. The molecule has 0 spiro atoms. The zero-order valence-electron chi connectivity index (χ0n) is 10.6. The standard InChI is InChI=1S/C14H8O4S.Na/c15-13-9-3-1-2-4-10(9)14(16)12-7-8(19(17)18)5-6-11(12)13;/h1-7H,(H,17,18);/q;+1/p-1. The van der Waals surface area contributed by atoms with Gasteiger partial charge < -0.3 is 4.55 Å². The number of benzene rings is 2. The molecule has 0 saturated heterocycles. The second-order valence-corrected chi connectivity index (χ2v) is 5.09. The van der Waals surface area contributed by atoms with E-state index in [0.717, 1.165) is 0 Å². The fourth-order valence-electron chi connectivity index (χ4n) is 2.18. The van der Waals surface area contributed by atoms with Crippen LogP contribution in [0, 0.1) is 0 Å². The van der Waals surface area contributed by atoms with E-state index < -0.39 is 11.1 Å². The molecule has 1 aliphatic carbocycles. The van der Waals surface area contributed by atoms with Crippen molar-refractivity contribution in [2.75, 3.05) is 0 Å². The molecular weight excluding hydrogens is 287 g/mol. The summed E-state index contributed by atoms with van der Waals surface area (Å²) >= 11 is -2.42. The van der Waals surface area contributed by atoms with Gasteiger partial charge in [-0.15, -0.1) is 0 Å². The summed E-state index contributed by atoms with van der Waals surface area (Å²) in [6, 6.07) is 10.5. The molecule has 0 bridgehead atoms. The molecule has 6 heteroatoms.